The van der Waals surface area contributed by atoms with Gasteiger partial charge in [0.2, 0.25) is 0 Å². The summed E-state index contributed by atoms with van der Waals surface area (Å²) >= 11 is 0. The summed E-state index contributed by atoms with van der Waals surface area (Å²) in [6.07, 6.45) is 0. The second kappa shape index (κ2) is 4.94. The number of tetrazole rings is 1. The molecule has 0 aliphatic rings. The van der Waals surface area contributed by atoms with Gasteiger partial charge in [0.1, 0.15) is 5.56 Å². The number of H-pyrrole nitrogens is 1. The van der Waals surface area contributed by atoms with Gasteiger partial charge in [-0.1, -0.05) is 24.2 Å². The number of nitrogens with one attached hydrogen (secondary N) is 2. The van der Waals surface area contributed by atoms with Crippen molar-refractivity contribution in [3.05, 3.63) is 22.8 Å². The van der Waals surface area contributed by atoms with Gasteiger partial charge >= 0.3 is 0 Å². The van der Waals surface area contributed by atoms with Crippen LogP contribution < -0.4 is 5.32 Å². The molecule has 2 rings (SSSR count). The molecule has 2 N–H and O–H groups in total. The maximum absolute atomic E-state index is 12.0. The summed E-state index contributed by atoms with van der Waals surface area (Å²) in [6, 6.07) is 0. The zero-order chi connectivity index (χ0) is 13.1. The van der Waals surface area contributed by atoms with Crippen LogP contribution >= 0.6 is 0 Å². The predicted octanol–water partition coefficient (Wildman–Crippen LogP) is 0.550. The molecule has 0 spiro atoms. The fourth-order valence-electron chi connectivity index (χ4n) is 1.56. The summed E-state index contributed by atoms with van der Waals surface area (Å²) in [5.74, 6) is 0.848. The number of aryl methyl sites for hydroxylation is 1. The lowest BCUT2D eigenvalue weighted by Crippen LogP contribution is -2.25. The molecule has 0 aliphatic carbocycles. The number of hydrogen-bond acceptors (Lipinski definition) is 6. The van der Waals surface area contributed by atoms with E-state index in [0.717, 1.165) is 0 Å². The topological polar surface area (TPSA) is 110 Å². The number of rotatable bonds is 4. The van der Waals surface area contributed by atoms with Gasteiger partial charge in [-0.05, 0) is 6.92 Å². The Morgan fingerprint density at radius 1 is 1.50 bits per heavy atom. The molecule has 18 heavy (non-hydrogen) atoms. The highest BCUT2D eigenvalue weighted by molar-refractivity contribution is 5.96. The maximum Gasteiger partial charge on any atom is 0.257 e. The molecule has 0 bridgehead atoms. The average Bonchev–Trinajstić information content (AvgIpc) is 2.94. The van der Waals surface area contributed by atoms with Gasteiger partial charge in [-0.15, -0.1) is 10.2 Å². The molecule has 0 aliphatic heterocycles. The minimum atomic E-state index is -0.248. The van der Waals surface area contributed by atoms with E-state index in [-0.39, 0.29) is 18.4 Å². The Labute approximate surface area is 103 Å². The van der Waals surface area contributed by atoms with Crippen LogP contribution in [0.25, 0.3) is 0 Å². The monoisotopic (exact) mass is 250 g/mol. The van der Waals surface area contributed by atoms with Gasteiger partial charge < -0.3 is 9.84 Å². The quantitative estimate of drug-likeness (QED) is 0.820. The van der Waals surface area contributed by atoms with Crippen LogP contribution in [0.3, 0.4) is 0 Å². The van der Waals surface area contributed by atoms with Gasteiger partial charge in [-0.2, -0.15) is 5.21 Å². The first-order chi connectivity index (χ1) is 8.59. The molecule has 0 unspecified atom stereocenters. The van der Waals surface area contributed by atoms with Crippen LogP contribution in [0.1, 0.15) is 47.4 Å². The number of carbonyl (C=O) groups excluding carboxylic acids is 1. The van der Waals surface area contributed by atoms with Crippen molar-refractivity contribution in [2.24, 2.45) is 0 Å². The van der Waals surface area contributed by atoms with E-state index in [2.05, 4.69) is 31.1 Å². The van der Waals surface area contributed by atoms with Crippen molar-refractivity contribution in [2.75, 3.05) is 0 Å². The largest absolute Gasteiger partial charge is 0.360 e. The van der Waals surface area contributed by atoms with Crippen molar-refractivity contribution >= 4 is 5.91 Å². The number of hydrogen-bond donors (Lipinski definition) is 2. The molecule has 1 amide bonds. The van der Waals surface area contributed by atoms with E-state index in [1.54, 1.807) is 6.92 Å². The Morgan fingerprint density at radius 3 is 2.89 bits per heavy atom. The Bertz CT molecular complexity index is 531. The lowest BCUT2D eigenvalue weighted by Gasteiger charge is -2.05. The molecule has 96 valence electrons. The van der Waals surface area contributed by atoms with Gasteiger partial charge in [0.25, 0.3) is 5.91 Å². The van der Waals surface area contributed by atoms with Crippen LogP contribution in [0, 0.1) is 6.92 Å². The Morgan fingerprint density at radius 2 is 2.28 bits per heavy atom. The normalized spacial score (nSPS) is 10.9. The molecular formula is C10H14N6O2. The Hall–Kier alpha value is -2.25. The molecule has 0 fully saturated rings. The van der Waals surface area contributed by atoms with Crippen LogP contribution in [-0.4, -0.2) is 31.7 Å². The second-order valence-electron chi connectivity index (χ2n) is 4.17. The lowest BCUT2D eigenvalue weighted by atomic mass is 10.0. The van der Waals surface area contributed by atoms with Crippen molar-refractivity contribution in [2.45, 2.75) is 33.2 Å². The first-order valence-corrected chi connectivity index (χ1v) is 5.56. The molecular weight excluding hydrogens is 236 g/mol. The molecule has 0 saturated heterocycles. The van der Waals surface area contributed by atoms with E-state index in [1.807, 2.05) is 13.8 Å². The lowest BCUT2D eigenvalue weighted by molar-refractivity contribution is 0.0947. The van der Waals surface area contributed by atoms with Gasteiger partial charge in [-0.25, -0.2) is 0 Å². The Balaban J connectivity index is 2.11. The zero-order valence-electron chi connectivity index (χ0n) is 10.4. The summed E-state index contributed by atoms with van der Waals surface area (Å²) in [4.78, 5) is 12.0. The highest BCUT2D eigenvalue weighted by Gasteiger charge is 2.22. The van der Waals surface area contributed by atoms with Gasteiger partial charge in [-0.3, -0.25) is 4.79 Å². The molecule has 0 aromatic carbocycles. The molecule has 0 atom stereocenters. The maximum atomic E-state index is 12.0. The third-order valence-corrected chi connectivity index (χ3v) is 2.44. The summed E-state index contributed by atoms with van der Waals surface area (Å²) < 4.78 is 5.15. The van der Waals surface area contributed by atoms with Crippen LogP contribution in [0.4, 0.5) is 0 Å². The van der Waals surface area contributed by atoms with Crippen molar-refractivity contribution in [1.29, 1.82) is 0 Å². The minimum Gasteiger partial charge on any atom is -0.360 e. The van der Waals surface area contributed by atoms with E-state index in [0.29, 0.717) is 22.8 Å². The molecule has 0 radical (unpaired) electrons. The van der Waals surface area contributed by atoms with Crippen molar-refractivity contribution in [3.63, 3.8) is 0 Å². The second-order valence-corrected chi connectivity index (χ2v) is 4.17. The van der Waals surface area contributed by atoms with Crippen molar-refractivity contribution < 1.29 is 9.32 Å². The highest BCUT2D eigenvalue weighted by atomic mass is 16.5. The third-order valence-electron chi connectivity index (χ3n) is 2.44. The van der Waals surface area contributed by atoms with Crippen LogP contribution in [0.5, 0.6) is 0 Å². The smallest absolute Gasteiger partial charge is 0.257 e. The summed E-state index contributed by atoms with van der Waals surface area (Å²) in [6.45, 7) is 5.82. The standard InChI is InChI=1S/C10H14N6O2/c1-5(2)9-8(6(3)14-18-9)10(17)11-4-7-12-15-16-13-7/h5H,4H2,1-3H3,(H,11,17)(H,12,13,15,16). The van der Waals surface area contributed by atoms with Crippen molar-refractivity contribution in [3.8, 4) is 0 Å². The summed E-state index contributed by atoms with van der Waals surface area (Å²) in [7, 11) is 0. The minimum absolute atomic E-state index is 0.0946. The molecule has 2 aromatic heterocycles. The van der Waals surface area contributed by atoms with Crippen molar-refractivity contribution in [1.82, 2.24) is 31.1 Å². The van der Waals surface area contributed by atoms with E-state index in [9.17, 15) is 4.79 Å². The average molecular weight is 250 g/mol. The first kappa shape index (κ1) is 12.2. The number of amides is 1. The SMILES string of the molecule is Cc1noc(C(C)C)c1C(=O)NCc1nn[nH]n1. The molecule has 0 saturated carbocycles. The van der Waals surface area contributed by atoms with Crippen LogP contribution in [-0.2, 0) is 6.54 Å². The molecule has 2 heterocycles. The Kier molecular flexibility index (Phi) is 3.35. The highest BCUT2D eigenvalue weighted by Crippen LogP contribution is 2.21. The first-order valence-electron chi connectivity index (χ1n) is 5.56. The van der Waals surface area contributed by atoms with E-state index in [4.69, 9.17) is 4.52 Å². The zero-order valence-corrected chi connectivity index (χ0v) is 10.4. The number of aromatic amines is 1. The summed E-state index contributed by atoms with van der Waals surface area (Å²) in [5, 5.41) is 19.7. The fourth-order valence-corrected chi connectivity index (χ4v) is 1.56. The van der Waals surface area contributed by atoms with Crippen LogP contribution in [0.15, 0.2) is 4.52 Å². The van der Waals surface area contributed by atoms with E-state index in [1.165, 1.54) is 0 Å². The molecule has 8 nitrogen and oxygen atoms in total. The van der Waals surface area contributed by atoms with Gasteiger partial charge in [0.15, 0.2) is 11.6 Å². The van der Waals surface area contributed by atoms with Gasteiger partial charge in [0, 0.05) is 5.92 Å². The molecule has 2 aromatic rings. The van der Waals surface area contributed by atoms with E-state index >= 15 is 0 Å². The molecule has 8 heteroatoms. The fraction of sp³-hybridized carbons (Fsp3) is 0.500. The number of nitrogens with zero attached hydrogens (tertiary/aromatic N) is 4. The van der Waals surface area contributed by atoms with Crippen LogP contribution in [0.2, 0.25) is 0 Å². The predicted molar refractivity (Wildman–Crippen MR) is 60.7 cm³/mol. The summed E-state index contributed by atoms with van der Waals surface area (Å²) in [5.41, 5.74) is 1.05. The number of carbonyl (C=O) groups is 1. The third kappa shape index (κ3) is 2.36. The van der Waals surface area contributed by atoms with Gasteiger partial charge in [0.05, 0.1) is 12.2 Å². The number of aromatic nitrogens is 5. The van der Waals surface area contributed by atoms with E-state index < -0.39 is 0 Å².